The first-order valence-corrected chi connectivity index (χ1v) is 6.46. The quantitative estimate of drug-likeness (QED) is 0.414. The van der Waals surface area contributed by atoms with Crippen LogP contribution in [0.3, 0.4) is 0 Å². The van der Waals surface area contributed by atoms with E-state index in [2.05, 4.69) is 17.2 Å². The molecule has 2 amide bonds. The number of nitrogens with zero attached hydrogens (tertiary/aromatic N) is 1. The lowest BCUT2D eigenvalue weighted by molar-refractivity contribution is -0.384. The minimum atomic E-state index is -0.508. The SMILES string of the molecule is C=CCc1cc([N+](=O)[O-])ccc1OCC(=O)NCC(=O)NC. The van der Waals surface area contributed by atoms with E-state index in [0.29, 0.717) is 17.7 Å². The van der Waals surface area contributed by atoms with Gasteiger partial charge in [-0.2, -0.15) is 0 Å². The maximum atomic E-state index is 11.5. The Balaban J connectivity index is 2.68. The average Bonchev–Trinajstić information content (AvgIpc) is 2.51. The number of nitro benzene ring substituents is 1. The van der Waals surface area contributed by atoms with Crippen LogP contribution >= 0.6 is 0 Å². The van der Waals surface area contributed by atoms with Crippen LogP contribution in [0.1, 0.15) is 5.56 Å². The normalized spacial score (nSPS) is 9.68. The van der Waals surface area contributed by atoms with Crippen LogP contribution in [0.25, 0.3) is 0 Å². The minimum absolute atomic E-state index is 0.0618. The lowest BCUT2D eigenvalue weighted by atomic mass is 10.1. The number of carbonyl (C=O) groups excluding carboxylic acids is 2. The fraction of sp³-hybridized carbons (Fsp3) is 0.286. The van der Waals surface area contributed by atoms with Gasteiger partial charge in [0.05, 0.1) is 11.5 Å². The maximum absolute atomic E-state index is 11.5. The number of nitrogens with one attached hydrogen (secondary N) is 2. The summed E-state index contributed by atoms with van der Waals surface area (Å²) in [5, 5.41) is 15.5. The molecular formula is C14H17N3O5. The van der Waals surface area contributed by atoms with E-state index < -0.39 is 10.8 Å². The molecule has 2 N–H and O–H groups in total. The molecule has 0 aliphatic rings. The highest BCUT2D eigenvalue weighted by Gasteiger charge is 2.12. The molecule has 0 unspecified atom stereocenters. The van der Waals surface area contributed by atoms with Gasteiger partial charge in [0.25, 0.3) is 11.6 Å². The molecule has 0 saturated carbocycles. The number of hydrogen-bond acceptors (Lipinski definition) is 5. The Labute approximate surface area is 127 Å². The van der Waals surface area contributed by atoms with Crippen LogP contribution in [0.15, 0.2) is 30.9 Å². The molecule has 0 fully saturated rings. The smallest absolute Gasteiger partial charge is 0.269 e. The Morgan fingerprint density at radius 2 is 2.14 bits per heavy atom. The van der Waals surface area contributed by atoms with E-state index in [1.165, 1.54) is 25.2 Å². The zero-order valence-electron chi connectivity index (χ0n) is 12.1. The Kier molecular flexibility index (Phi) is 6.55. The Morgan fingerprint density at radius 3 is 2.73 bits per heavy atom. The summed E-state index contributed by atoms with van der Waals surface area (Å²) in [6, 6.07) is 4.10. The van der Waals surface area contributed by atoms with E-state index in [1.54, 1.807) is 6.08 Å². The van der Waals surface area contributed by atoms with E-state index in [9.17, 15) is 19.7 Å². The van der Waals surface area contributed by atoms with Gasteiger partial charge < -0.3 is 15.4 Å². The largest absolute Gasteiger partial charge is 0.483 e. The van der Waals surface area contributed by atoms with Gasteiger partial charge >= 0.3 is 0 Å². The van der Waals surface area contributed by atoms with Crippen molar-refractivity contribution in [1.82, 2.24) is 10.6 Å². The molecular weight excluding hydrogens is 290 g/mol. The molecule has 0 saturated heterocycles. The van der Waals surface area contributed by atoms with Gasteiger partial charge in [-0.1, -0.05) is 6.08 Å². The summed E-state index contributed by atoms with van der Waals surface area (Å²) >= 11 is 0. The first kappa shape index (κ1) is 17.2. The highest BCUT2D eigenvalue weighted by Crippen LogP contribution is 2.24. The molecule has 1 aromatic carbocycles. The molecule has 0 aliphatic heterocycles. The first-order valence-electron chi connectivity index (χ1n) is 6.46. The second-order valence-electron chi connectivity index (χ2n) is 4.28. The van der Waals surface area contributed by atoms with Crippen LogP contribution in [-0.4, -0.2) is 36.9 Å². The third-order valence-electron chi connectivity index (χ3n) is 2.70. The molecule has 0 aromatic heterocycles. The standard InChI is InChI=1S/C14H17N3O5/c1-3-4-10-7-11(17(20)21)5-6-12(10)22-9-14(19)16-8-13(18)15-2/h3,5-7H,1,4,8-9H2,2H3,(H,15,18)(H,16,19). The molecule has 0 bridgehead atoms. The van der Waals surface area contributed by atoms with E-state index in [0.717, 1.165) is 0 Å². The van der Waals surface area contributed by atoms with Gasteiger partial charge in [0.1, 0.15) is 5.75 Å². The van der Waals surface area contributed by atoms with Crippen LogP contribution in [0.5, 0.6) is 5.75 Å². The highest BCUT2D eigenvalue weighted by molar-refractivity contribution is 5.85. The number of nitro groups is 1. The minimum Gasteiger partial charge on any atom is -0.483 e. The molecule has 0 atom stereocenters. The predicted molar refractivity (Wildman–Crippen MR) is 79.6 cm³/mol. The van der Waals surface area contributed by atoms with Gasteiger partial charge in [-0.25, -0.2) is 0 Å². The molecule has 0 heterocycles. The fourth-order valence-corrected chi connectivity index (χ4v) is 1.60. The van der Waals surface area contributed by atoms with Crippen molar-refractivity contribution in [3.05, 3.63) is 46.5 Å². The summed E-state index contributed by atoms with van der Waals surface area (Å²) in [5.74, 6) is -0.428. The molecule has 0 spiro atoms. The van der Waals surface area contributed by atoms with Crippen LogP contribution in [0, 0.1) is 10.1 Å². The number of benzene rings is 1. The highest BCUT2D eigenvalue weighted by atomic mass is 16.6. The Hall–Kier alpha value is -2.90. The lowest BCUT2D eigenvalue weighted by Crippen LogP contribution is -2.37. The van der Waals surface area contributed by atoms with Crippen LogP contribution in [-0.2, 0) is 16.0 Å². The zero-order valence-corrected chi connectivity index (χ0v) is 12.1. The van der Waals surface area contributed by atoms with Gasteiger partial charge in [0, 0.05) is 24.7 Å². The molecule has 8 nitrogen and oxygen atoms in total. The number of ether oxygens (including phenoxy) is 1. The number of hydrogen-bond donors (Lipinski definition) is 2. The summed E-state index contributed by atoms with van der Waals surface area (Å²) in [5.41, 5.74) is 0.497. The van der Waals surface area contributed by atoms with Crippen molar-refractivity contribution in [3.8, 4) is 5.75 Å². The number of non-ortho nitro benzene ring substituents is 1. The van der Waals surface area contributed by atoms with Gasteiger partial charge in [0.2, 0.25) is 5.91 Å². The van der Waals surface area contributed by atoms with E-state index >= 15 is 0 Å². The first-order chi connectivity index (χ1) is 10.5. The van der Waals surface area contributed by atoms with Crippen molar-refractivity contribution in [2.75, 3.05) is 20.2 Å². The third kappa shape index (κ3) is 5.23. The lowest BCUT2D eigenvalue weighted by Gasteiger charge is -2.10. The topological polar surface area (TPSA) is 111 Å². The second-order valence-corrected chi connectivity index (χ2v) is 4.28. The third-order valence-corrected chi connectivity index (χ3v) is 2.70. The Morgan fingerprint density at radius 1 is 1.41 bits per heavy atom. The van der Waals surface area contributed by atoms with E-state index in [1.807, 2.05) is 0 Å². The fourth-order valence-electron chi connectivity index (χ4n) is 1.60. The van der Waals surface area contributed by atoms with Crippen molar-refractivity contribution in [2.24, 2.45) is 0 Å². The number of amides is 2. The van der Waals surface area contributed by atoms with Gasteiger partial charge in [0.15, 0.2) is 6.61 Å². The average molecular weight is 307 g/mol. The Bertz CT molecular complexity index is 586. The molecule has 1 rings (SSSR count). The van der Waals surface area contributed by atoms with Crippen molar-refractivity contribution in [1.29, 1.82) is 0 Å². The molecule has 118 valence electrons. The molecule has 1 aromatic rings. The van der Waals surface area contributed by atoms with Crippen molar-refractivity contribution in [2.45, 2.75) is 6.42 Å². The molecule has 8 heteroatoms. The van der Waals surface area contributed by atoms with Crippen molar-refractivity contribution >= 4 is 17.5 Å². The second kappa shape index (κ2) is 8.40. The number of carbonyl (C=O) groups is 2. The van der Waals surface area contributed by atoms with Crippen molar-refractivity contribution < 1.29 is 19.2 Å². The van der Waals surface area contributed by atoms with Gasteiger partial charge in [-0.3, -0.25) is 19.7 Å². The van der Waals surface area contributed by atoms with Gasteiger partial charge in [-0.15, -0.1) is 6.58 Å². The number of allylic oxidation sites excluding steroid dienone is 1. The maximum Gasteiger partial charge on any atom is 0.269 e. The monoisotopic (exact) mass is 307 g/mol. The van der Waals surface area contributed by atoms with E-state index in [4.69, 9.17) is 4.74 Å². The van der Waals surface area contributed by atoms with Crippen LogP contribution in [0.4, 0.5) is 5.69 Å². The van der Waals surface area contributed by atoms with Crippen LogP contribution in [0.2, 0.25) is 0 Å². The summed E-state index contributed by atoms with van der Waals surface area (Å²) < 4.78 is 5.34. The zero-order chi connectivity index (χ0) is 16.5. The van der Waals surface area contributed by atoms with Gasteiger partial charge in [-0.05, 0) is 12.5 Å². The van der Waals surface area contributed by atoms with Crippen LogP contribution < -0.4 is 15.4 Å². The predicted octanol–water partition coefficient (Wildman–Crippen LogP) is 0.564. The van der Waals surface area contributed by atoms with E-state index in [-0.39, 0.29) is 24.7 Å². The molecule has 0 radical (unpaired) electrons. The molecule has 0 aliphatic carbocycles. The number of rotatable bonds is 8. The molecule has 22 heavy (non-hydrogen) atoms. The van der Waals surface area contributed by atoms with Crippen molar-refractivity contribution in [3.63, 3.8) is 0 Å². The summed E-state index contributed by atoms with van der Waals surface area (Å²) in [7, 11) is 1.46. The summed E-state index contributed by atoms with van der Waals surface area (Å²) in [4.78, 5) is 32.8. The summed E-state index contributed by atoms with van der Waals surface area (Å²) in [6.07, 6.45) is 1.95. The number of likely N-dealkylation sites (N-methyl/N-ethyl adjacent to an activating group) is 1. The summed E-state index contributed by atoms with van der Waals surface area (Å²) in [6.45, 7) is 3.14.